The topological polar surface area (TPSA) is 27.0 Å². The predicted octanol–water partition coefficient (Wildman–Crippen LogP) is 4.38. The Hall–Kier alpha value is -0.970. The highest BCUT2D eigenvalue weighted by molar-refractivity contribution is 5.20. The van der Waals surface area contributed by atoms with Gasteiger partial charge in [-0.2, -0.15) is 5.26 Å². The van der Waals surface area contributed by atoms with Crippen LogP contribution in [0.4, 0.5) is 0 Å². The Morgan fingerprint density at radius 3 is 1.72 bits per heavy atom. The SMILES string of the molecule is C/C=C(/C#N)N(C1CCCCC1)C1CCCCC1. The summed E-state index contributed by atoms with van der Waals surface area (Å²) in [5.74, 6) is 0. The van der Waals surface area contributed by atoms with E-state index in [-0.39, 0.29) is 0 Å². The zero-order valence-corrected chi connectivity index (χ0v) is 11.7. The number of nitrogens with zero attached hydrogens (tertiary/aromatic N) is 2. The summed E-state index contributed by atoms with van der Waals surface area (Å²) in [5.41, 5.74) is 0.925. The van der Waals surface area contributed by atoms with Gasteiger partial charge in [-0.1, -0.05) is 44.6 Å². The van der Waals surface area contributed by atoms with Crippen LogP contribution in [-0.4, -0.2) is 17.0 Å². The molecule has 2 nitrogen and oxygen atoms in total. The minimum absolute atomic E-state index is 0.632. The molecule has 2 rings (SSSR count). The lowest BCUT2D eigenvalue weighted by atomic mass is 9.88. The summed E-state index contributed by atoms with van der Waals surface area (Å²) >= 11 is 0. The number of hydrogen-bond donors (Lipinski definition) is 0. The van der Waals surface area contributed by atoms with Crippen molar-refractivity contribution in [3.63, 3.8) is 0 Å². The van der Waals surface area contributed by atoms with Crippen LogP contribution in [0, 0.1) is 11.3 Å². The summed E-state index contributed by atoms with van der Waals surface area (Å²) in [4.78, 5) is 2.50. The molecule has 0 amide bonds. The molecule has 0 bridgehead atoms. The Morgan fingerprint density at radius 1 is 0.944 bits per heavy atom. The molecular formula is C16H26N2. The van der Waals surface area contributed by atoms with Crippen LogP contribution in [0.15, 0.2) is 11.8 Å². The van der Waals surface area contributed by atoms with Gasteiger partial charge >= 0.3 is 0 Å². The molecule has 18 heavy (non-hydrogen) atoms. The summed E-state index contributed by atoms with van der Waals surface area (Å²) in [7, 11) is 0. The Labute approximate surface area is 112 Å². The summed E-state index contributed by atoms with van der Waals surface area (Å²) in [5, 5.41) is 9.40. The standard InChI is InChI=1S/C16H26N2/c1-2-14(13-17)18(15-9-5-3-6-10-15)16-11-7-4-8-12-16/h2,15-16H,3-12H2,1H3/b14-2-. The van der Waals surface area contributed by atoms with Crippen LogP contribution in [0.1, 0.15) is 71.1 Å². The van der Waals surface area contributed by atoms with Crippen LogP contribution < -0.4 is 0 Å². The van der Waals surface area contributed by atoms with Crippen molar-refractivity contribution in [1.82, 2.24) is 4.90 Å². The maximum absolute atomic E-state index is 9.40. The molecule has 0 aromatic heterocycles. The maximum atomic E-state index is 9.40. The number of hydrogen-bond acceptors (Lipinski definition) is 2. The quantitative estimate of drug-likeness (QED) is 0.691. The van der Waals surface area contributed by atoms with Crippen LogP contribution in [0.3, 0.4) is 0 Å². The fourth-order valence-corrected chi connectivity index (χ4v) is 3.68. The summed E-state index contributed by atoms with van der Waals surface area (Å²) < 4.78 is 0. The van der Waals surface area contributed by atoms with E-state index in [0.29, 0.717) is 12.1 Å². The van der Waals surface area contributed by atoms with Crippen LogP contribution in [-0.2, 0) is 0 Å². The first-order valence-electron chi connectivity index (χ1n) is 7.71. The lowest BCUT2D eigenvalue weighted by Crippen LogP contribution is -2.44. The van der Waals surface area contributed by atoms with Gasteiger partial charge in [0.1, 0.15) is 11.8 Å². The van der Waals surface area contributed by atoms with Crippen LogP contribution in [0.25, 0.3) is 0 Å². The normalized spacial score (nSPS) is 23.7. The predicted molar refractivity (Wildman–Crippen MR) is 75.0 cm³/mol. The largest absolute Gasteiger partial charge is 0.357 e. The van der Waals surface area contributed by atoms with E-state index < -0.39 is 0 Å². The molecule has 2 saturated carbocycles. The van der Waals surface area contributed by atoms with Crippen molar-refractivity contribution >= 4 is 0 Å². The van der Waals surface area contributed by atoms with E-state index in [4.69, 9.17) is 0 Å². The summed E-state index contributed by atoms with van der Waals surface area (Å²) in [6.07, 6.45) is 15.3. The first-order chi connectivity index (χ1) is 8.86. The average molecular weight is 246 g/mol. The highest BCUT2D eigenvalue weighted by Crippen LogP contribution is 2.32. The summed E-state index contributed by atoms with van der Waals surface area (Å²) in [6, 6.07) is 3.70. The van der Waals surface area contributed by atoms with E-state index in [2.05, 4.69) is 11.0 Å². The van der Waals surface area contributed by atoms with Crippen LogP contribution >= 0.6 is 0 Å². The molecule has 0 spiro atoms. The molecule has 2 aliphatic carbocycles. The minimum atomic E-state index is 0.632. The van der Waals surface area contributed by atoms with E-state index in [1.165, 1.54) is 64.2 Å². The van der Waals surface area contributed by atoms with Crippen molar-refractivity contribution in [3.8, 4) is 6.07 Å². The highest BCUT2D eigenvalue weighted by Gasteiger charge is 2.29. The molecule has 0 aromatic rings. The minimum Gasteiger partial charge on any atom is -0.357 e. The molecule has 0 aromatic carbocycles. The van der Waals surface area contributed by atoms with Crippen molar-refractivity contribution < 1.29 is 0 Å². The molecule has 2 fully saturated rings. The first-order valence-corrected chi connectivity index (χ1v) is 7.71. The van der Waals surface area contributed by atoms with Gasteiger partial charge in [-0.15, -0.1) is 0 Å². The first kappa shape index (κ1) is 13.5. The Kier molecular flexibility index (Phi) is 5.11. The van der Waals surface area contributed by atoms with E-state index in [9.17, 15) is 5.26 Å². The Balaban J connectivity index is 2.13. The third-order valence-electron chi connectivity index (χ3n) is 4.60. The van der Waals surface area contributed by atoms with Gasteiger partial charge in [0.15, 0.2) is 0 Å². The summed E-state index contributed by atoms with van der Waals surface area (Å²) in [6.45, 7) is 2.01. The fourth-order valence-electron chi connectivity index (χ4n) is 3.68. The van der Waals surface area contributed by atoms with E-state index in [0.717, 1.165) is 5.70 Å². The molecule has 0 atom stereocenters. The van der Waals surface area contributed by atoms with Crippen molar-refractivity contribution in [2.24, 2.45) is 0 Å². The van der Waals surface area contributed by atoms with E-state index >= 15 is 0 Å². The van der Waals surface area contributed by atoms with Crippen molar-refractivity contribution in [2.45, 2.75) is 83.2 Å². The van der Waals surface area contributed by atoms with Gasteiger partial charge in [0.2, 0.25) is 0 Å². The maximum Gasteiger partial charge on any atom is 0.117 e. The van der Waals surface area contributed by atoms with Crippen molar-refractivity contribution in [2.75, 3.05) is 0 Å². The number of nitriles is 1. The fraction of sp³-hybridized carbons (Fsp3) is 0.812. The molecule has 0 heterocycles. The van der Waals surface area contributed by atoms with E-state index in [1.54, 1.807) is 0 Å². The smallest absolute Gasteiger partial charge is 0.117 e. The van der Waals surface area contributed by atoms with Gasteiger partial charge in [-0.25, -0.2) is 0 Å². The van der Waals surface area contributed by atoms with Crippen LogP contribution in [0.5, 0.6) is 0 Å². The monoisotopic (exact) mass is 246 g/mol. The molecule has 0 saturated heterocycles. The molecule has 0 N–H and O–H groups in total. The lowest BCUT2D eigenvalue weighted by Gasteiger charge is -2.42. The van der Waals surface area contributed by atoms with Crippen LogP contribution in [0.2, 0.25) is 0 Å². The lowest BCUT2D eigenvalue weighted by molar-refractivity contribution is 0.124. The molecule has 2 aliphatic rings. The van der Waals surface area contributed by atoms with Gasteiger partial charge in [-0.3, -0.25) is 0 Å². The Morgan fingerprint density at radius 2 is 1.39 bits per heavy atom. The second kappa shape index (κ2) is 6.83. The number of allylic oxidation sites excluding steroid dienone is 2. The third-order valence-corrected chi connectivity index (χ3v) is 4.60. The molecule has 2 heteroatoms. The molecule has 0 aliphatic heterocycles. The van der Waals surface area contributed by atoms with E-state index in [1.807, 2.05) is 13.0 Å². The number of rotatable bonds is 3. The van der Waals surface area contributed by atoms with Gasteiger partial charge in [0.25, 0.3) is 0 Å². The zero-order valence-electron chi connectivity index (χ0n) is 11.7. The zero-order chi connectivity index (χ0) is 12.8. The molecule has 0 unspecified atom stereocenters. The van der Waals surface area contributed by atoms with Gasteiger partial charge in [0, 0.05) is 12.1 Å². The highest BCUT2D eigenvalue weighted by atomic mass is 15.2. The Bertz CT molecular complexity index is 296. The third kappa shape index (κ3) is 3.07. The second-order valence-corrected chi connectivity index (χ2v) is 5.78. The van der Waals surface area contributed by atoms with Crippen molar-refractivity contribution in [3.05, 3.63) is 11.8 Å². The van der Waals surface area contributed by atoms with Gasteiger partial charge in [0.05, 0.1) is 0 Å². The van der Waals surface area contributed by atoms with Crippen molar-refractivity contribution in [1.29, 1.82) is 5.26 Å². The average Bonchev–Trinajstić information content (AvgIpc) is 2.46. The molecular weight excluding hydrogens is 220 g/mol. The second-order valence-electron chi connectivity index (χ2n) is 5.78. The van der Waals surface area contributed by atoms with Gasteiger partial charge < -0.3 is 4.90 Å². The molecule has 0 radical (unpaired) electrons. The van der Waals surface area contributed by atoms with Gasteiger partial charge in [-0.05, 0) is 32.6 Å². The molecule has 100 valence electrons.